The summed E-state index contributed by atoms with van der Waals surface area (Å²) in [6.07, 6.45) is 3.63. The standard InChI is InChI=1S/C26H31N5OS/c1-19(2)17-31-24(28-29-26(31)33-3)14-9-15-27-25(32)23-16-21-12-7-8-13-22(21)30(23)18-20-10-5-4-6-11-20/h4-8,10-13,16,19H,9,14-15,17-18H2,1-3H3,(H,27,32). The second kappa shape index (κ2) is 10.7. The Hall–Kier alpha value is -3.06. The maximum absolute atomic E-state index is 13.1. The summed E-state index contributed by atoms with van der Waals surface area (Å²) in [5, 5.41) is 13.8. The Labute approximate surface area is 199 Å². The van der Waals surface area contributed by atoms with Gasteiger partial charge in [-0.1, -0.05) is 74.1 Å². The summed E-state index contributed by atoms with van der Waals surface area (Å²) >= 11 is 1.62. The molecular formula is C26H31N5OS. The van der Waals surface area contributed by atoms with Crippen LogP contribution in [0.3, 0.4) is 0 Å². The number of para-hydroxylation sites is 1. The van der Waals surface area contributed by atoms with Crippen molar-refractivity contribution in [2.24, 2.45) is 5.92 Å². The summed E-state index contributed by atoms with van der Waals surface area (Å²) in [4.78, 5) is 13.1. The molecule has 2 aromatic carbocycles. The molecule has 0 aliphatic rings. The molecule has 172 valence electrons. The predicted molar refractivity (Wildman–Crippen MR) is 135 cm³/mol. The van der Waals surface area contributed by atoms with E-state index >= 15 is 0 Å². The summed E-state index contributed by atoms with van der Waals surface area (Å²) < 4.78 is 4.30. The molecule has 7 heteroatoms. The zero-order chi connectivity index (χ0) is 23.2. The van der Waals surface area contributed by atoms with Crippen molar-refractivity contribution in [3.63, 3.8) is 0 Å². The number of rotatable bonds is 10. The summed E-state index contributed by atoms with van der Waals surface area (Å²) in [6, 6.07) is 20.4. The summed E-state index contributed by atoms with van der Waals surface area (Å²) in [5.41, 5.74) is 2.92. The van der Waals surface area contributed by atoms with Crippen LogP contribution in [-0.4, -0.2) is 38.0 Å². The number of benzene rings is 2. The highest BCUT2D eigenvalue weighted by Crippen LogP contribution is 2.22. The van der Waals surface area contributed by atoms with Crippen LogP contribution in [0.4, 0.5) is 0 Å². The summed E-state index contributed by atoms with van der Waals surface area (Å²) in [6.45, 7) is 6.55. The van der Waals surface area contributed by atoms with Crippen molar-refractivity contribution in [3.05, 3.63) is 77.7 Å². The highest BCUT2D eigenvalue weighted by Gasteiger charge is 2.16. The first kappa shape index (κ1) is 23.1. The van der Waals surface area contributed by atoms with Crippen molar-refractivity contribution in [2.75, 3.05) is 12.8 Å². The highest BCUT2D eigenvalue weighted by molar-refractivity contribution is 7.98. The number of hydrogen-bond acceptors (Lipinski definition) is 4. The molecule has 4 aromatic rings. The van der Waals surface area contributed by atoms with E-state index in [-0.39, 0.29) is 5.91 Å². The first-order valence-electron chi connectivity index (χ1n) is 11.4. The van der Waals surface area contributed by atoms with E-state index in [2.05, 4.69) is 62.8 Å². The van der Waals surface area contributed by atoms with Crippen LogP contribution in [0.15, 0.2) is 65.8 Å². The van der Waals surface area contributed by atoms with E-state index in [1.165, 1.54) is 5.56 Å². The van der Waals surface area contributed by atoms with Gasteiger partial charge in [-0.2, -0.15) is 0 Å². The van der Waals surface area contributed by atoms with Crippen molar-refractivity contribution in [1.29, 1.82) is 0 Å². The maximum Gasteiger partial charge on any atom is 0.267 e. The van der Waals surface area contributed by atoms with Gasteiger partial charge in [0.2, 0.25) is 0 Å². The molecule has 2 heterocycles. The molecule has 0 aliphatic heterocycles. The number of carbonyl (C=O) groups excluding carboxylic acids is 1. The number of nitrogens with zero attached hydrogens (tertiary/aromatic N) is 4. The lowest BCUT2D eigenvalue weighted by Crippen LogP contribution is -2.27. The smallest absolute Gasteiger partial charge is 0.267 e. The third kappa shape index (κ3) is 5.47. The second-order valence-corrected chi connectivity index (χ2v) is 9.40. The fraction of sp³-hybridized carbons (Fsp3) is 0.346. The average Bonchev–Trinajstić information content (AvgIpc) is 3.38. The summed E-state index contributed by atoms with van der Waals surface area (Å²) in [7, 11) is 0. The molecule has 4 rings (SSSR count). The lowest BCUT2D eigenvalue weighted by Gasteiger charge is -2.13. The largest absolute Gasteiger partial charge is 0.351 e. The third-order valence-corrected chi connectivity index (χ3v) is 6.28. The number of nitrogens with one attached hydrogen (secondary N) is 1. The van der Waals surface area contributed by atoms with E-state index in [1.807, 2.05) is 42.7 Å². The molecule has 0 saturated heterocycles. The van der Waals surface area contributed by atoms with Gasteiger partial charge >= 0.3 is 0 Å². The van der Waals surface area contributed by atoms with Crippen LogP contribution in [0, 0.1) is 5.92 Å². The Morgan fingerprint density at radius 1 is 1.03 bits per heavy atom. The molecule has 0 fully saturated rings. The molecule has 0 aliphatic carbocycles. The Balaban J connectivity index is 1.44. The van der Waals surface area contributed by atoms with Gasteiger partial charge in [0.05, 0.1) is 0 Å². The van der Waals surface area contributed by atoms with E-state index in [4.69, 9.17) is 0 Å². The van der Waals surface area contributed by atoms with Crippen molar-refractivity contribution in [2.45, 2.75) is 44.9 Å². The van der Waals surface area contributed by atoms with Gasteiger partial charge in [0.15, 0.2) is 5.16 Å². The Morgan fingerprint density at radius 3 is 2.55 bits per heavy atom. The quantitative estimate of drug-likeness (QED) is 0.266. The first-order valence-corrected chi connectivity index (χ1v) is 12.7. The first-order chi connectivity index (χ1) is 16.1. The molecule has 0 spiro atoms. The van der Waals surface area contributed by atoms with E-state index in [1.54, 1.807) is 11.8 Å². The van der Waals surface area contributed by atoms with Gasteiger partial charge < -0.3 is 14.5 Å². The molecule has 0 unspecified atom stereocenters. The minimum atomic E-state index is -0.0458. The lowest BCUT2D eigenvalue weighted by atomic mass is 10.2. The van der Waals surface area contributed by atoms with E-state index in [0.717, 1.165) is 41.3 Å². The molecule has 0 bridgehead atoms. The van der Waals surface area contributed by atoms with Crippen LogP contribution in [0.1, 0.15) is 42.1 Å². The Morgan fingerprint density at radius 2 is 1.79 bits per heavy atom. The fourth-order valence-corrected chi connectivity index (χ4v) is 4.60. The zero-order valence-electron chi connectivity index (χ0n) is 19.5. The number of aromatic nitrogens is 4. The topological polar surface area (TPSA) is 64.7 Å². The average molecular weight is 462 g/mol. The second-order valence-electron chi connectivity index (χ2n) is 8.63. The number of aryl methyl sites for hydroxylation is 1. The van der Waals surface area contributed by atoms with E-state index in [0.29, 0.717) is 24.7 Å². The van der Waals surface area contributed by atoms with Crippen LogP contribution in [0.5, 0.6) is 0 Å². The van der Waals surface area contributed by atoms with Gasteiger partial charge in [-0.3, -0.25) is 4.79 Å². The van der Waals surface area contributed by atoms with Crippen LogP contribution >= 0.6 is 11.8 Å². The Bertz CT molecular complexity index is 1210. The van der Waals surface area contributed by atoms with Crippen LogP contribution in [0.2, 0.25) is 0 Å². The van der Waals surface area contributed by atoms with Gasteiger partial charge in [0.25, 0.3) is 5.91 Å². The molecule has 6 nitrogen and oxygen atoms in total. The number of fused-ring (bicyclic) bond motifs is 1. The van der Waals surface area contributed by atoms with Gasteiger partial charge in [0, 0.05) is 37.0 Å². The van der Waals surface area contributed by atoms with Gasteiger partial charge in [-0.15, -0.1) is 10.2 Å². The number of hydrogen-bond donors (Lipinski definition) is 1. The van der Waals surface area contributed by atoms with Crippen LogP contribution < -0.4 is 5.32 Å². The van der Waals surface area contributed by atoms with Gasteiger partial charge in [-0.25, -0.2) is 0 Å². The fourth-order valence-electron chi connectivity index (χ4n) is 4.08. The molecule has 0 saturated carbocycles. The molecule has 1 N–H and O–H groups in total. The minimum absolute atomic E-state index is 0.0458. The predicted octanol–water partition coefficient (Wildman–Crippen LogP) is 5.02. The Kier molecular flexibility index (Phi) is 7.50. The van der Waals surface area contributed by atoms with Crippen LogP contribution in [-0.2, 0) is 19.5 Å². The van der Waals surface area contributed by atoms with Gasteiger partial charge in [0.1, 0.15) is 11.5 Å². The van der Waals surface area contributed by atoms with Gasteiger partial charge in [-0.05, 0) is 36.3 Å². The number of thioether (sulfide) groups is 1. The molecule has 2 aromatic heterocycles. The minimum Gasteiger partial charge on any atom is -0.351 e. The summed E-state index contributed by atoms with van der Waals surface area (Å²) in [5.74, 6) is 1.47. The van der Waals surface area contributed by atoms with Crippen molar-refractivity contribution >= 4 is 28.6 Å². The zero-order valence-corrected chi connectivity index (χ0v) is 20.3. The van der Waals surface area contributed by atoms with Crippen molar-refractivity contribution in [3.8, 4) is 0 Å². The van der Waals surface area contributed by atoms with E-state index in [9.17, 15) is 4.79 Å². The number of carbonyl (C=O) groups is 1. The number of amides is 1. The SMILES string of the molecule is CSc1nnc(CCCNC(=O)c2cc3ccccc3n2Cc2ccccc2)n1CC(C)C. The third-order valence-electron chi connectivity index (χ3n) is 5.61. The monoisotopic (exact) mass is 461 g/mol. The van der Waals surface area contributed by atoms with Crippen molar-refractivity contribution in [1.82, 2.24) is 24.6 Å². The van der Waals surface area contributed by atoms with Crippen LogP contribution in [0.25, 0.3) is 10.9 Å². The normalized spacial score (nSPS) is 11.4. The van der Waals surface area contributed by atoms with Crippen molar-refractivity contribution < 1.29 is 4.79 Å². The maximum atomic E-state index is 13.1. The van der Waals surface area contributed by atoms with E-state index < -0.39 is 0 Å². The molecule has 0 radical (unpaired) electrons. The highest BCUT2D eigenvalue weighted by atomic mass is 32.2. The molecule has 33 heavy (non-hydrogen) atoms. The lowest BCUT2D eigenvalue weighted by molar-refractivity contribution is 0.0944. The molecular weight excluding hydrogens is 430 g/mol. The molecule has 0 atom stereocenters. The molecule has 1 amide bonds.